The van der Waals surface area contributed by atoms with Gasteiger partial charge in [-0.25, -0.2) is 4.98 Å². The lowest BCUT2D eigenvalue weighted by atomic mass is 10.0. The van der Waals surface area contributed by atoms with Gasteiger partial charge in [0.2, 0.25) is 0 Å². The van der Waals surface area contributed by atoms with Gasteiger partial charge in [0.15, 0.2) is 0 Å². The van der Waals surface area contributed by atoms with Gasteiger partial charge >= 0.3 is 0 Å². The lowest BCUT2D eigenvalue weighted by Gasteiger charge is -2.39. The average molecular weight is 275 g/mol. The lowest BCUT2D eigenvalue weighted by molar-refractivity contribution is 0.0252. The minimum atomic E-state index is 0.221. The number of aromatic nitrogens is 1. The highest BCUT2D eigenvalue weighted by atomic mass is 16.5. The maximum Gasteiger partial charge on any atom is 0.132 e. The molecule has 0 radical (unpaired) electrons. The predicted molar refractivity (Wildman–Crippen MR) is 80.9 cm³/mol. The van der Waals surface area contributed by atoms with E-state index in [0.717, 1.165) is 31.8 Å². The number of hydrogen-bond donors (Lipinski definition) is 1. The van der Waals surface area contributed by atoms with E-state index in [1.54, 1.807) is 0 Å². The fourth-order valence-electron chi connectivity index (χ4n) is 3.46. The van der Waals surface area contributed by atoms with Crippen LogP contribution in [0.15, 0.2) is 18.3 Å². The Morgan fingerprint density at radius 1 is 1.50 bits per heavy atom. The zero-order valence-electron chi connectivity index (χ0n) is 12.3. The molecule has 110 valence electrons. The predicted octanol–water partition coefficient (Wildman–Crippen LogP) is 2.12. The number of hydrogen-bond acceptors (Lipinski definition) is 4. The van der Waals surface area contributed by atoms with Crippen molar-refractivity contribution in [2.75, 3.05) is 18.1 Å². The molecular weight excluding hydrogens is 250 g/mol. The summed E-state index contributed by atoms with van der Waals surface area (Å²) in [6, 6.07) is 4.93. The topological polar surface area (TPSA) is 51.4 Å². The molecular formula is C16H25N3O. The summed E-state index contributed by atoms with van der Waals surface area (Å²) in [7, 11) is 0. The molecule has 0 aromatic carbocycles. The second-order valence-corrected chi connectivity index (χ2v) is 5.96. The van der Waals surface area contributed by atoms with Gasteiger partial charge in [-0.15, -0.1) is 0 Å². The van der Waals surface area contributed by atoms with Crippen molar-refractivity contribution in [3.63, 3.8) is 0 Å². The van der Waals surface area contributed by atoms with Crippen LogP contribution in [-0.2, 0) is 11.2 Å². The number of rotatable bonds is 4. The molecule has 1 aromatic heterocycles. The molecule has 1 saturated carbocycles. The Hall–Kier alpha value is -1.13. The van der Waals surface area contributed by atoms with Crippen molar-refractivity contribution >= 4 is 5.82 Å². The standard InChI is InChI=1S/C16H25N3O/c1-2-13(17)11-12-5-4-8-18-16(12)19-9-10-20-15-7-3-6-14(15)19/h4-5,8,13-15H,2-3,6-7,9-11,17H2,1H3. The number of nitrogens with two attached hydrogens (primary N) is 1. The van der Waals surface area contributed by atoms with Gasteiger partial charge in [-0.2, -0.15) is 0 Å². The van der Waals surface area contributed by atoms with Crippen LogP contribution in [-0.4, -0.2) is 36.3 Å². The van der Waals surface area contributed by atoms with E-state index >= 15 is 0 Å². The largest absolute Gasteiger partial charge is 0.374 e. The Morgan fingerprint density at radius 3 is 3.25 bits per heavy atom. The molecule has 20 heavy (non-hydrogen) atoms. The number of ether oxygens (including phenoxy) is 1. The molecule has 3 rings (SSSR count). The summed E-state index contributed by atoms with van der Waals surface area (Å²) in [4.78, 5) is 7.14. The van der Waals surface area contributed by atoms with E-state index in [1.807, 2.05) is 12.3 Å². The van der Waals surface area contributed by atoms with Crippen molar-refractivity contribution in [1.82, 2.24) is 4.98 Å². The van der Waals surface area contributed by atoms with Gasteiger partial charge in [0, 0.05) is 18.8 Å². The highest BCUT2D eigenvalue weighted by Gasteiger charge is 2.37. The van der Waals surface area contributed by atoms with Crippen LogP contribution in [0.2, 0.25) is 0 Å². The molecule has 1 aromatic rings. The minimum Gasteiger partial charge on any atom is -0.374 e. The van der Waals surface area contributed by atoms with Crippen molar-refractivity contribution < 1.29 is 4.74 Å². The average Bonchev–Trinajstić information content (AvgIpc) is 2.96. The van der Waals surface area contributed by atoms with Crippen molar-refractivity contribution in [2.45, 2.75) is 57.2 Å². The molecule has 1 aliphatic heterocycles. The smallest absolute Gasteiger partial charge is 0.132 e. The molecule has 3 atom stereocenters. The summed E-state index contributed by atoms with van der Waals surface area (Å²) in [6.45, 7) is 3.91. The van der Waals surface area contributed by atoms with Crippen LogP contribution in [0.25, 0.3) is 0 Å². The molecule has 3 unspecified atom stereocenters. The summed E-state index contributed by atoms with van der Waals surface area (Å²) >= 11 is 0. The Balaban J connectivity index is 1.85. The molecule has 0 amide bonds. The van der Waals surface area contributed by atoms with Gasteiger partial charge in [0.05, 0.1) is 18.8 Å². The maximum atomic E-state index is 6.14. The van der Waals surface area contributed by atoms with Crippen molar-refractivity contribution in [3.05, 3.63) is 23.9 Å². The Bertz CT molecular complexity index is 451. The van der Waals surface area contributed by atoms with Gasteiger partial charge in [0.25, 0.3) is 0 Å². The van der Waals surface area contributed by atoms with Crippen LogP contribution >= 0.6 is 0 Å². The summed E-state index contributed by atoms with van der Waals surface area (Å²) in [5.74, 6) is 1.14. The summed E-state index contributed by atoms with van der Waals surface area (Å²) in [5, 5.41) is 0. The maximum absolute atomic E-state index is 6.14. The first kappa shape index (κ1) is 13.8. The summed E-state index contributed by atoms with van der Waals surface area (Å²) in [6.07, 6.45) is 7.90. The van der Waals surface area contributed by atoms with Crippen LogP contribution < -0.4 is 10.6 Å². The third-order valence-corrected chi connectivity index (χ3v) is 4.63. The van der Waals surface area contributed by atoms with Crippen molar-refractivity contribution in [1.29, 1.82) is 0 Å². The summed E-state index contributed by atoms with van der Waals surface area (Å²) in [5.41, 5.74) is 7.43. The first-order valence-corrected chi connectivity index (χ1v) is 7.87. The molecule has 2 N–H and O–H groups in total. The SMILES string of the molecule is CCC(N)Cc1cccnc1N1CCOC2CCCC21. The van der Waals surface area contributed by atoms with E-state index in [1.165, 1.54) is 24.8 Å². The zero-order valence-corrected chi connectivity index (χ0v) is 12.3. The molecule has 2 heterocycles. The van der Waals surface area contributed by atoms with Gasteiger partial charge in [-0.1, -0.05) is 13.0 Å². The van der Waals surface area contributed by atoms with Crippen LogP contribution in [0.3, 0.4) is 0 Å². The second-order valence-electron chi connectivity index (χ2n) is 5.96. The second kappa shape index (κ2) is 6.10. The monoisotopic (exact) mass is 275 g/mol. The molecule has 1 aliphatic carbocycles. The Kier molecular flexibility index (Phi) is 4.22. The van der Waals surface area contributed by atoms with Crippen LogP contribution in [0, 0.1) is 0 Å². The Morgan fingerprint density at radius 2 is 2.40 bits per heavy atom. The number of morpholine rings is 1. The van der Waals surface area contributed by atoms with Crippen LogP contribution in [0.1, 0.15) is 38.2 Å². The number of pyridine rings is 1. The number of anilines is 1. The molecule has 4 nitrogen and oxygen atoms in total. The van der Waals surface area contributed by atoms with E-state index < -0.39 is 0 Å². The van der Waals surface area contributed by atoms with E-state index in [0.29, 0.717) is 12.1 Å². The van der Waals surface area contributed by atoms with E-state index in [9.17, 15) is 0 Å². The van der Waals surface area contributed by atoms with Crippen LogP contribution in [0.5, 0.6) is 0 Å². The van der Waals surface area contributed by atoms with Gasteiger partial charge in [-0.3, -0.25) is 0 Å². The van der Waals surface area contributed by atoms with Crippen LogP contribution in [0.4, 0.5) is 5.82 Å². The third kappa shape index (κ3) is 2.67. The van der Waals surface area contributed by atoms with Gasteiger partial charge in [0.1, 0.15) is 5.82 Å². The highest BCUT2D eigenvalue weighted by molar-refractivity contribution is 5.49. The van der Waals surface area contributed by atoms with Gasteiger partial charge in [-0.05, 0) is 43.7 Å². The summed E-state index contributed by atoms with van der Waals surface area (Å²) < 4.78 is 5.90. The van der Waals surface area contributed by atoms with Crippen molar-refractivity contribution in [2.24, 2.45) is 5.73 Å². The number of fused-ring (bicyclic) bond motifs is 1. The zero-order chi connectivity index (χ0) is 13.9. The molecule has 4 heteroatoms. The first-order chi connectivity index (χ1) is 9.79. The van der Waals surface area contributed by atoms with E-state index in [4.69, 9.17) is 10.5 Å². The minimum absolute atomic E-state index is 0.221. The van der Waals surface area contributed by atoms with Crippen molar-refractivity contribution in [3.8, 4) is 0 Å². The number of nitrogens with zero attached hydrogens (tertiary/aromatic N) is 2. The molecule has 2 aliphatic rings. The molecule has 0 spiro atoms. The van der Waals surface area contributed by atoms with Gasteiger partial charge < -0.3 is 15.4 Å². The lowest BCUT2D eigenvalue weighted by Crippen LogP contribution is -2.49. The quantitative estimate of drug-likeness (QED) is 0.914. The normalized spacial score (nSPS) is 27.4. The highest BCUT2D eigenvalue weighted by Crippen LogP contribution is 2.33. The molecule has 1 saturated heterocycles. The molecule has 0 bridgehead atoms. The fraction of sp³-hybridized carbons (Fsp3) is 0.688. The molecule has 2 fully saturated rings. The van der Waals surface area contributed by atoms with E-state index in [-0.39, 0.29) is 6.04 Å². The third-order valence-electron chi connectivity index (χ3n) is 4.63. The Labute approximate surface area is 121 Å². The first-order valence-electron chi connectivity index (χ1n) is 7.87. The van der Waals surface area contributed by atoms with E-state index in [2.05, 4.69) is 22.9 Å². The fourth-order valence-corrected chi connectivity index (χ4v) is 3.46.